The van der Waals surface area contributed by atoms with E-state index in [1.165, 1.54) is 67.2 Å². The molecule has 0 amide bonds. The zero-order valence-electron chi connectivity index (χ0n) is 12.6. The first-order chi connectivity index (χ1) is 10.3. The number of ether oxygens (including phenoxy) is 1. The van der Waals surface area contributed by atoms with Crippen molar-refractivity contribution in [2.24, 2.45) is 5.92 Å². The van der Waals surface area contributed by atoms with Crippen molar-refractivity contribution in [3.63, 3.8) is 0 Å². The van der Waals surface area contributed by atoms with Gasteiger partial charge in [-0.3, -0.25) is 0 Å². The fraction of sp³-hybridized carbons (Fsp3) is 0.647. The largest absolute Gasteiger partial charge is 0.474 e. The summed E-state index contributed by atoms with van der Waals surface area (Å²) in [4.78, 5) is 11.5. The fourth-order valence-electron chi connectivity index (χ4n) is 3.65. The molecule has 0 spiro atoms. The number of thiophene rings is 1. The second-order valence-electron chi connectivity index (χ2n) is 6.44. The molecule has 4 rings (SSSR count). The second-order valence-corrected chi connectivity index (χ2v) is 7.52. The highest BCUT2D eigenvalue weighted by atomic mass is 32.1. The van der Waals surface area contributed by atoms with Crippen LogP contribution in [0, 0.1) is 5.92 Å². The number of hydrogen-bond donors (Lipinski definition) is 0. The van der Waals surface area contributed by atoms with Crippen LogP contribution in [0.4, 0.5) is 0 Å². The minimum atomic E-state index is 0.377. The molecule has 0 bridgehead atoms. The molecule has 1 fully saturated rings. The Kier molecular flexibility index (Phi) is 3.57. The van der Waals surface area contributed by atoms with Crippen molar-refractivity contribution in [3.8, 4) is 5.88 Å². The van der Waals surface area contributed by atoms with Crippen molar-refractivity contribution in [1.29, 1.82) is 0 Å². The minimum absolute atomic E-state index is 0.377. The van der Waals surface area contributed by atoms with Gasteiger partial charge in [-0.2, -0.15) is 0 Å². The molecule has 2 aromatic heterocycles. The van der Waals surface area contributed by atoms with Gasteiger partial charge in [-0.25, -0.2) is 9.97 Å². The molecule has 4 heteroatoms. The van der Waals surface area contributed by atoms with E-state index in [0.29, 0.717) is 6.10 Å². The van der Waals surface area contributed by atoms with Crippen LogP contribution in [0.3, 0.4) is 0 Å². The molecule has 21 heavy (non-hydrogen) atoms. The summed E-state index contributed by atoms with van der Waals surface area (Å²) in [5, 5.41) is 1.21. The summed E-state index contributed by atoms with van der Waals surface area (Å²) >= 11 is 1.83. The summed E-state index contributed by atoms with van der Waals surface area (Å²) in [5.41, 5.74) is 1.47. The van der Waals surface area contributed by atoms with Gasteiger partial charge in [-0.1, -0.05) is 26.2 Å². The third kappa shape index (κ3) is 2.44. The van der Waals surface area contributed by atoms with Gasteiger partial charge in [0.05, 0.1) is 5.39 Å². The SMILES string of the molecule is CCCCC1CC(Oc2ncnc3sc4c(c23)CCC4)C1. The first kappa shape index (κ1) is 13.5. The molecule has 0 N–H and O–H groups in total. The highest BCUT2D eigenvalue weighted by molar-refractivity contribution is 7.18. The molecular weight excluding hydrogens is 280 g/mol. The van der Waals surface area contributed by atoms with Crippen molar-refractivity contribution < 1.29 is 4.74 Å². The molecule has 3 nitrogen and oxygen atoms in total. The van der Waals surface area contributed by atoms with E-state index >= 15 is 0 Å². The third-order valence-corrected chi connectivity index (χ3v) is 6.10. The minimum Gasteiger partial charge on any atom is -0.474 e. The Hall–Kier alpha value is -1.16. The first-order valence-corrected chi connectivity index (χ1v) is 9.08. The van der Waals surface area contributed by atoms with E-state index in [0.717, 1.165) is 16.6 Å². The van der Waals surface area contributed by atoms with Crippen molar-refractivity contribution >= 4 is 21.6 Å². The zero-order chi connectivity index (χ0) is 14.2. The molecule has 0 aliphatic heterocycles. The van der Waals surface area contributed by atoms with E-state index in [2.05, 4.69) is 16.9 Å². The number of aromatic nitrogens is 2. The highest BCUT2D eigenvalue weighted by Gasteiger charge is 2.31. The van der Waals surface area contributed by atoms with Crippen LogP contribution in [0.15, 0.2) is 6.33 Å². The van der Waals surface area contributed by atoms with Gasteiger partial charge in [0.2, 0.25) is 5.88 Å². The number of unbranched alkanes of at least 4 members (excludes halogenated alkanes) is 1. The molecule has 2 aliphatic carbocycles. The topological polar surface area (TPSA) is 35.0 Å². The quantitative estimate of drug-likeness (QED) is 0.814. The lowest BCUT2D eigenvalue weighted by Crippen LogP contribution is -2.34. The number of fused-ring (bicyclic) bond motifs is 3. The lowest BCUT2D eigenvalue weighted by molar-refractivity contribution is 0.0570. The summed E-state index contributed by atoms with van der Waals surface area (Å²) in [6.07, 6.45) is 12.1. The molecule has 0 radical (unpaired) electrons. The van der Waals surface area contributed by atoms with Crippen LogP contribution in [0.25, 0.3) is 10.2 Å². The van der Waals surface area contributed by atoms with Gasteiger partial charge in [0.15, 0.2) is 0 Å². The lowest BCUT2D eigenvalue weighted by Gasteiger charge is -2.35. The average Bonchev–Trinajstić information content (AvgIpc) is 3.01. The van der Waals surface area contributed by atoms with Crippen molar-refractivity contribution in [2.75, 3.05) is 0 Å². The Morgan fingerprint density at radius 1 is 1.29 bits per heavy atom. The van der Waals surface area contributed by atoms with Gasteiger partial charge in [0, 0.05) is 4.88 Å². The van der Waals surface area contributed by atoms with E-state index in [9.17, 15) is 0 Å². The van der Waals surface area contributed by atoms with Gasteiger partial charge in [0.1, 0.15) is 17.3 Å². The molecule has 0 unspecified atom stereocenters. The normalized spacial score (nSPS) is 24.0. The third-order valence-electron chi connectivity index (χ3n) is 4.90. The molecule has 0 saturated heterocycles. The number of aryl methyl sites for hydroxylation is 2. The molecule has 1 saturated carbocycles. The molecule has 0 aromatic carbocycles. The Balaban J connectivity index is 1.50. The molecule has 112 valence electrons. The van der Waals surface area contributed by atoms with Crippen molar-refractivity contribution in [2.45, 2.75) is 64.4 Å². The van der Waals surface area contributed by atoms with Crippen LogP contribution in [0.5, 0.6) is 5.88 Å². The standard InChI is InChI=1S/C17H22N2OS/c1-2-3-5-11-8-12(9-11)20-16-15-13-6-4-7-14(13)21-17(15)19-10-18-16/h10-12H,2-9H2,1H3. The first-order valence-electron chi connectivity index (χ1n) is 8.27. The van der Waals surface area contributed by atoms with Gasteiger partial charge >= 0.3 is 0 Å². The maximum absolute atomic E-state index is 6.21. The Morgan fingerprint density at radius 3 is 3.05 bits per heavy atom. The van der Waals surface area contributed by atoms with Crippen LogP contribution in [0.2, 0.25) is 0 Å². The summed E-state index contributed by atoms with van der Waals surface area (Å²) in [7, 11) is 0. The van der Waals surface area contributed by atoms with E-state index < -0.39 is 0 Å². The highest BCUT2D eigenvalue weighted by Crippen LogP contribution is 2.42. The number of nitrogens with zero attached hydrogens (tertiary/aromatic N) is 2. The van der Waals surface area contributed by atoms with Crippen LogP contribution < -0.4 is 4.74 Å². The van der Waals surface area contributed by atoms with E-state index in [1.54, 1.807) is 6.33 Å². The maximum atomic E-state index is 6.21. The van der Waals surface area contributed by atoms with Crippen molar-refractivity contribution in [3.05, 3.63) is 16.8 Å². The summed E-state index contributed by atoms with van der Waals surface area (Å²) in [6.45, 7) is 2.27. The molecule has 2 heterocycles. The smallest absolute Gasteiger partial charge is 0.225 e. The van der Waals surface area contributed by atoms with Crippen LogP contribution in [-0.4, -0.2) is 16.1 Å². The van der Waals surface area contributed by atoms with E-state index in [1.807, 2.05) is 11.3 Å². The Labute approximate surface area is 129 Å². The fourth-order valence-corrected chi connectivity index (χ4v) is 4.87. The monoisotopic (exact) mass is 302 g/mol. The van der Waals surface area contributed by atoms with Gasteiger partial charge < -0.3 is 4.74 Å². The Bertz CT molecular complexity index is 646. The summed E-state index contributed by atoms with van der Waals surface area (Å²) < 4.78 is 6.21. The molecule has 2 aromatic rings. The average molecular weight is 302 g/mol. The molecule has 0 atom stereocenters. The predicted molar refractivity (Wildman–Crippen MR) is 86.1 cm³/mol. The zero-order valence-corrected chi connectivity index (χ0v) is 13.4. The number of hydrogen-bond acceptors (Lipinski definition) is 4. The van der Waals surface area contributed by atoms with Crippen LogP contribution in [0.1, 0.15) is 55.9 Å². The van der Waals surface area contributed by atoms with Gasteiger partial charge in [0.25, 0.3) is 0 Å². The van der Waals surface area contributed by atoms with E-state index in [-0.39, 0.29) is 0 Å². The predicted octanol–water partition coefficient (Wildman–Crippen LogP) is 4.53. The van der Waals surface area contributed by atoms with E-state index in [4.69, 9.17) is 4.74 Å². The lowest BCUT2D eigenvalue weighted by atomic mass is 9.79. The van der Waals surface area contributed by atoms with Crippen molar-refractivity contribution in [1.82, 2.24) is 9.97 Å². The molecule has 2 aliphatic rings. The van der Waals surface area contributed by atoms with Crippen LogP contribution >= 0.6 is 11.3 Å². The second kappa shape index (κ2) is 5.56. The molecular formula is C17H22N2OS. The van der Waals surface area contributed by atoms with Crippen LogP contribution in [-0.2, 0) is 12.8 Å². The number of rotatable bonds is 5. The maximum Gasteiger partial charge on any atom is 0.225 e. The summed E-state index contributed by atoms with van der Waals surface area (Å²) in [6, 6.07) is 0. The van der Waals surface area contributed by atoms with Gasteiger partial charge in [-0.05, 0) is 43.6 Å². The summed E-state index contributed by atoms with van der Waals surface area (Å²) in [5.74, 6) is 1.72. The Morgan fingerprint density at radius 2 is 2.19 bits per heavy atom. The van der Waals surface area contributed by atoms with Gasteiger partial charge in [-0.15, -0.1) is 11.3 Å².